The van der Waals surface area contributed by atoms with Crippen molar-refractivity contribution < 1.29 is 4.42 Å². The maximum Gasteiger partial charge on any atom is 0.105 e. The summed E-state index contributed by atoms with van der Waals surface area (Å²) in [6.45, 7) is 7.27. The highest BCUT2D eigenvalue weighted by molar-refractivity contribution is 5.35. The molecule has 0 spiro atoms. The van der Waals surface area contributed by atoms with Gasteiger partial charge in [0.25, 0.3) is 0 Å². The average Bonchev–Trinajstić information content (AvgIpc) is 2.82. The molecule has 0 radical (unpaired) electrons. The third kappa shape index (κ3) is 2.65. The van der Waals surface area contributed by atoms with Crippen LogP contribution in [0.15, 0.2) is 41.0 Å². The maximum atomic E-state index is 5.43. The van der Waals surface area contributed by atoms with Crippen LogP contribution in [0.4, 0.5) is 0 Å². The molecule has 0 aliphatic rings. The number of benzene rings is 1. The maximum absolute atomic E-state index is 5.43. The lowest BCUT2D eigenvalue weighted by Gasteiger charge is -2.18. The topological polar surface area (TPSA) is 25.2 Å². The van der Waals surface area contributed by atoms with Gasteiger partial charge >= 0.3 is 0 Å². The molecule has 2 nitrogen and oxygen atoms in total. The fourth-order valence-corrected chi connectivity index (χ4v) is 2.30. The smallest absolute Gasteiger partial charge is 0.105 e. The number of hydrogen-bond acceptors (Lipinski definition) is 2. The fourth-order valence-electron chi connectivity index (χ4n) is 2.30. The summed E-state index contributed by atoms with van der Waals surface area (Å²) >= 11 is 0. The van der Waals surface area contributed by atoms with Crippen LogP contribution in [0.3, 0.4) is 0 Å². The van der Waals surface area contributed by atoms with Crippen molar-refractivity contribution in [2.75, 3.05) is 6.54 Å². The van der Waals surface area contributed by atoms with Crippen molar-refractivity contribution >= 4 is 0 Å². The second kappa shape index (κ2) is 5.87. The Morgan fingerprint density at radius 2 is 2.06 bits per heavy atom. The number of nitrogens with one attached hydrogen (secondary N) is 1. The van der Waals surface area contributed by atoms with Gasteiger partial charge in [-0.05, 0) is 37.1 Å². The Morgan fingerprint density at radius 1 is 1.22 bits per heavy atom. The first kappa shape index (κ1) is 12.9. The summed E-state index contributed by atoms with van der Waals surface area (Å²) in [6.07, 6.45) is 2.83. The summed E-state index contributed by atoms with van der Waals surface area (Å²) in [5.41, 5.74) is 3.90. The average molecular weight is 243 g/mol. The van der Waals surface area contributed by atoms with E-state index in [1.807, 2.05) is 6.92 Å². The molecule has 1 aromatic carbocycles. The van der Waals surface area contributed by atoms with Gasteiger partial charge in [0.2, 0.25) is 0 Å². The minimum Gasteiger partial charge on any atom is -0.469 e. The van der Waals surface area contributed by atoms with Crippen LogP contribution in [0.1, 0.15) is 42.3 Å². The van der Waals surface area contributed by atoms with Crippen LogP contribution in [0.2, 0.25) is 0 Å². The van der Waals surface area contributed by atoms with Gasteiger partial charge in [-0.3, -0.25) is 0 Å². The SMILES string of the molecule is CCNC(c1cccc(CC)c1)c1ccoc1C. The van der Waals surface area contributed by atoms with Crippen molar-refractivity contribution in [1.29, 1.82) is 0 Å². The van der Waals surface area contributed by atoms with Crippen molar-refractivity contribution in [1.82, 2.24) is 5.32 Å². The highest BCUT2D eigenvalue weighted by Gasteiger charge is 2.16. The van der Waals surface area contributed by atoms with Gasteiger partial charge < -0.3 is 9.73 Å². The molecule has 0 saturated carbocycles. The summed E-state index contributed by atoms with van der Waals surface area (Å²) in [5.74, 6) is 0.989. The summed E-state index contributed by atoms with van der Waals surface area (Å²) in [4.78, 5) is 0. The molecule has 1 aromatic heterocycles. The normalized spacial score (nSPS) is 12.6. The van der Waals surface area contributed by atoms with Crippen molar-refractivity contribution in [3.8, 4) is 0 Å². The highest BCUT2D eigenvalue weighted by Crippen LogP contribution is 2.26. The molecule has 2 rings (SSSR count). The van der Waals surface area contributed by atoms with Gasteiger partial charge in [-0.1, -0.05) is 38.1 Å². The second-order valence-corrected chi connectivity index (χ2v) is 4.52. The molecule has 0 aliphatic carbocycles. The number of rotatable bonds is 5. The summed E-state index contributed by atoms with van der Waals surface area (Å²) in [6, 6.07) is 11.0. The molecule has 1 heterocycles. The first-order valence-corrected chi connectivity index (χ1v) is 6.62. The minimum absolute atomic E-state index is 0.222. The van der Waals surface area contributed by atoms with Crippen LogP contribution in [0.25, 0.3) is 0 Å². The van der Waals surface area contributed by atoms with Crippen LogP contribution in [-0.2, 0) is 6.42 Å². The Morgan fingerprint density at radius 3 is 2.67 bits per heavy atom. The monoisotopic (exact) mass is 243 g/mol. The predicted molar refractivity (Wildman–Crippen MR) is 74.8 cm³/mol. The van der Waals surface area contributed by atoms with Crippen LogP contribution in [0.5, 0.6) is 0 Å². The summed E-state index contributed by atoms with van der Waals surface area (Å²) in [7, 11) is 0. The second-order valence-electron chi connectivity index (χ2n) is 4.52. The third-order valence-electron chi connectivity index (χ3n) is 3.31. The molecule has 0 amide bonds. The Hall–Kier alpha value is -1.54. The van der Waals surface area contributed by atoms with E-state index in [9.17, 15) is 0 Å². The van der Waals surface area contributed by atoms with E-state index in [4.69, 9.17) is 4.42 Å². The Balaban J connectivity index is 2.38. The molecule has 2 heteroatoms. The van der Waals surface area contributed by atoms with E-state index >= 15 is 0 Å². The molecule has 0 bridgehead atoms. The number of furan rings is 1. The molecule has 1 atom stereocenters. The number of hydrogen-bond donors (Lipinski definition) is 1. The van der Waals surface area contributed by atoms with E-state index < -0.39 is 0 Å². The van der Waals surface area contributed by atoms with Crippen molar-refractivity contribution in [2.24, 2.45) is 0 Å². The minimum atomic E-state index is 0.222. The van der Waals surface area contributed by atoms with Gasteiger partial charge in [-0.2, -0.15) is 0 Å². The zero-order chi connectivity index (χ0) is 13.0. The van der Waals surface area contributed by atoms with Crippen LogP contribution in [0, 0.1) is 6.92 Å². The molecule has 1 N–H and O–H groups in total. The fraction of sp³-hybridized carbons (Fsp3) is 0.375. The Labute approximate surface area is 109 Å². The lowest BCUT2D eigenvalue weighted by atomic mass is 9.97. The lowest BCUT2D eigenvalue weighted by Crippen LogP contribution is -2.22. The van der Waals surface area contributed by atoms with Gasteiger partial charge in [0, 0.05) is 5.56 Å². The molecular weight excluding hydrogens is 222 g/mol. The van der Waals surface area contributed by atoms with E-state index in [2.05, 4.69) is 49.5 Å². The molecule has 1 unspecified atom stereocenters. The summed E-state index contributed by atoms with van der Waals surface area (Å²) < 4.78 is 5.43. The Kier molecular flexibility index (Phi) is 4.21. The van der Waals surface area contributed by atoms with Crippen LogP contribution in [-0.4, -0.2) is 6.54 Å². The number of aryl methyl sites for hydroxylation is 2. The lowest BCUT2D eigenvalue weighted by molar-refractivity contribution is 0.520. The van der Waals surface area contributed by atoms with Crippen LogP contribution >= 0.6 is 0 Å². The first-order valence-electron chi connectivity index (χ1n) is 6.62. The zero-order valence-electron chi connectivity index (χ0n) is 11.4. The first-order chi connectivity index (χ1) is 8.76. The molecule has 0 saturated heterocycles. The Bertz CT molecular complexity index is 501. The van der Waals surface area contributed by atoms with E-state index in [0.717, 1.165) is 18.7 Å². The van der Waals surface area contributed by atoms with Gasteiger partial charge in [0.1, 0.15) is 5.76 Å². The van der Waals surface area contributed by atoms with E-state index in [-0.39, 0.29) is 6.04 Å². The highest BCUT2D eigenvalue weighted by atomic mass is 16.3. The standard InChI is InChI=1S/C16H21NO/c1-4-13-7-6-8-14(11-13)16(17-5-2)15-9-10-18-12(15)3/h6-11,16-17H,4-5H2,1-3H3. The van der Waals surface area contributed by atoms with Crippen molar-refractivity contribution in [2.45, 2.75) is 33.2 Å². The van der Waals surface area contributed by atoms with Gasteiger partial charge in [-0.15, -0.1) is 0 Å². The van der Waals surface area contributed by atoms with Gasteiger partial charge in [-0.25, -0.2) is 0 Å². The van der Waals surface area contributed by atoms with Gasteiger partial charge in [0.15, 0.2) is 0 Å². The summed E-state index contributed by atoms with van der Waals surface area (Å²) in [5, 5.41) is 3.53. The van der Waals surface area contributed by atoms with Crippen LogP contribution < -0.4 is 5.32 Å². The molecule has 96 valence electrons. The molecule has 0 fully saturated rings. The molecule has 2 aromatic rings. The van der Waals surface area contributed by atoms with E-state index in [1.165, 1.54) is 16.7 Å². The molecule has 18 heavy (non-hydrogen) atoms. The zero-order valence-corrected chi connectivity index (χ0v) is 11.4. The van der Waals surface area contributed by atoms with Crippen molar-refractivity contribution in [3.63, 3.8) is 0 Å². The van der Waals surface area contributed by atoms with E-state index in [0.29, 0.717) is 0 Å². The predicted octanol–water partition coefficient (Wildman–Crippen LogP) is 3.85. The third-order valence-corrected chi connectivity index (χ3v) is 3.31. The van der Waals surface area contributed by atoms with E-state index in [1.54, 1.807) is 6.26 Å². The van der Waals surface area contributed by atoms with Gasteiger partial charge in [0.05, 0.1) is 12.3 Å². The van der Waals surface area contributed by atoms with Crippen molar-refractivity contribution in [3.05, 3.63) is 59.0 Å². The quantitative estimate of drug-likeness (QED) is 0.863. The largest absolute Gasteiger partial charge is 0.469 e. The molecule has 0 aliphatic heterocycles. The molecular formula is C16H21NO.